The van der Waals surface area contributed by atoms with Gasteiger partial charge in [0.15, 0.2) is 5.78 Å². The second kappa shape index (κ2) is 6.01. The van der Waals surface area contributed by atoms with Gasteiger partial charge in [-0.15, -0.1) is 0 Å². The zero-order chi connectivity index (χ0) is 13.0. The Balaban J connectivity index is 2.08. The molecule has 1 fully saturated rings. The average Bonchev–Trinajstić information content (AvgIpc) is 2.39. The summed E-state index contributed by atoms with van der Waals surface area (Å²) in [5, 5.41) is 0. The molecule has 1 aromatic carbocycles. The van der Waals surface area contributed by atoms with Crippen LogP contribution < -0.4 is 4.74 Å². The molecule has 1 aliphatic heterocycles. The number of piperidine rings is 1. The molecule has 18 heavy (non-hydrogen) atoms. The molecule has 0 N–H and O–H groups in total. The Kier molecular flexibility index (Phi) is 4.37. The van der Waals surface area contributed by atoms with E-state index in [4.69, 9.17) is 4.74 Å². The maximum absolute atomic E-state index is 12.3. The molecule has 0 bridgehead atoms. The summed E-state index contributed by atoms with van der Waals surface area (Å²) in [6.45, 7) is 4.60. The van der Waals surface area contributed by atoms with Crippen LogP contribution in [0, 0.1) is 6.92 Å². The second-order valence-electron chi connectivity index (χ2n) is 4.96. The molecule has 0 atom stereocenters. The predicted molar refractivity (Wildman–Crippen MR) is 72.4 cm³/mol. The van der Waals surface area contributed by atoms with Gasteiger partial charge in [-0.2, -0.15) is 0 Å². The third-order valence-electron chi connectivity index (χ3n) is 3.47. The highest BCUT2D eigenvalue weighted by molar-refractivity contribution is 6.00. The number of benzene rings is 1. The minimum atomic E-state index is 0.161. The smallest absolute Gasteiger partial charge is 0.180 e. The summed E-state index contributed by atoms with van der Waals surface area (Å²) in [7, 11) is 1.62. The summed E-state index contributed by atoms with van der Waals surface area (Å²) in [5.74, 6) is 0.853. The number of nitrogens with zero attached hydrogens (tertiary/aromatic N) is 1. The normalized spacial score (nSPS) is 16.6. The highest BCUT2D eigenvalue weighted by Gasteiger charge is 2.17. The Morgan fingerprint density at radius 1 is 1.28 bits per heavy atom. The van der Waals surface area contributed by atoms with Crippen LogP contribution in [0.5, 0.6) is 5.75 Å². The largest absolute Gasteiger partial charge is 0.496 e. The van der Waals surface area contributed by atoms with Crippen LogP contribution in [0.15, 0.2) is 18.2 Å². The van der Waals surface area contributed by atoms with Gasteiger partial charge >= 0.3 is 0 Å². The number of ketones is 1. The predicted octanol–water partition coefficient (Wildman–Crippen LogP) is 2.67. The van der Waals surface area contributed by atoms with Gasteiger partial charge < -0.3 is 4.74 Å². The van der Waals surface area contributed by atoms with E-state index in [1.807, 2.05) is 25.1 Å². The van der Waals surface area contributed by atoms with E-state index >= 15 is 0 Å². The van der Waals surface area contributed by atoms with Gasteiger partial charge in [0.25, 0.3) is 0 Å². The number of likely N-dealkylation sites (tertiary alicyclic amines) is 1. The molecule has 3 heteroatoms. The van der Waals surface area contributed by atoms with E-state index in [0.717, 1.165) is 18.7 Å². The maximum Gasteiger partial charge on any atom is 0.180 e. The van der Waals surface area contributed by atoms with Crippen molar-refractivity contribution in [3.8, 4) is 5.75 Å². The molecule has 1 aliphatic rings. The number of methoxy groups -OCH3 is 1. The Morgan fingerprint density at radius 2 is 2.00 bits per heavy atom. The van der Waals surface area contributed by atoms with E-state index in [9.17, 15) is 4.79 Å². The number of ether oxygens (including phenoxy) is 1. The Labute approximate surface area is 109 Å². The fraction of sp³-hybridized carbons (Fsp3) is 0.533. The van der Waals surface area contributed by atoms with E-state index in [1.165, 1.54) is 19.3 Å². The van der Waals surface area contributed by atoms with Crippen molar-refractivity contribution >= 4 is 5.78 Å². The van der Waals surface area contributed by atoms with Crippen molar-refractivity contribution in [3.63, 3.8) is 0 Å². The minimum Gasteiger partial charge on any atom is -0.496 e. The van der Waals surface area contributed by atoms with Crippen molar-refractivity contribution in [3.05, 3.63) is 29.3 Å². The van der Waals surface area contributed by atoms with Gasteiger partial charge in [-0.05, 0) is 50.6 Å². The van der Waals surface area contributed by atoms with E-state index in [2.05, 4.69) is 4.90 Å². The third kappa shape index (κ3) is 3.10. The summed E-state index contributed by atoms with van der Waals surface area (Å²) in [4.78, 5) is 14.5. The van der Waals surface area contributed by atoms with Crippen LogP contribution in [0.1, 0.15) is 35.2 Å². The number of Topliss-reactive ketones (excluding diaryl/α,β-unsaturated/α-hetero) is 1. The molecule has 0 aromatic heterocycles. The molecule has 0 saturated carbocycles. The summed E-state index contributed by atoms with van der Waals surface area (Å²) < 4.78 is 5.30. The SMILES string of the molecule is COc1cc(C)ccc1C(=O)CN1CCCCC1. The van der Waals surface area contributed by atoms with Gasteiger partial charge in [0.2, 0.25) is 0 Å². The molecule has 1 heterocycles. The van der Waals surface area contributed by atoms with Gasteiger partial charge in [-0.25, -0.2) is 0 Å². The van der Waals surface area contributed by atoms with Crippen molar-refractivity contribution in [1.82, 2.24) is 4.90 Å². The fourth-order valence-electron chi connectivity index (χ4n) is 2.43. The van der Waals surface area contributed by atoms with Crippen molar-refractivity contribution in [1.29, 1.82) is 0 Å². The first-order valence-electron chi connectivity index (χ1n) is 6.61. The van der Waals surface area contributed by atoms with E-state index in [0.29, 0.717) is 17.9 Å². The van der Waals surface area contributed by atoms with E-state index < -0.39 is 0 Å². The lowest BCUT2D eigenvalue weighted by Gasteiger charge is -2.25. The molecule has 0 spiro atoms. The number of hydrogen-bond donors (Lipinski definition) is 0. The Hall–Kier alpha value is -1.35. The van der Waals surface area contributed by atoms with Gasteiger partial charge in [0.05, 0.1) is 19.2 Å². The zero-order valence-electron chi connectivity index (χ0n) is 11.2. The molecular weight excluding hydrogens is 226 g/mol. The number of hydrogen-bond acceptors (Lipinski definition) is 3. The van der Waals surface area contributed by atoms with Crippen molar-refractivity contribution in [2.75, 3.05) is 26.7 Å². The summed E-state index contributed by atoms with van der Waals surface area (Å²) in [6.07, 6.45) is 3.70. The van der Waals surface area contributed by atoms with Gasteiger partial charge in [-0.1, -0.05) is 12.5 Å². The first kappa shape index (κ1) is 13.1. The molecule has 2 rings (SSSR count). The molecule has 0 amide bonds. The van der Waals surface area contributed by atoms with Crippen LogP contribution in [0.2, 0.25) is 0 Å². The van der Waals surface area contributed by atoms with Gasteiger partial charge in [0, 0.05) is 0 Å². The lowest BCUT2D eigenvalue weighted by Crippen LogP contribution is -2.34. The molecular formula is C15H21NO2. The number of aryl methyl sites for hydroxylation is 1. The van der Waals surface area contributed by atoms with Crippen molar-refractivity contribution in [2.45, 2.75) is 26.2 Å². The first-order valence-corrected chi connectivity index (χ1v) is 6.61. The van der Waals surface area contributed by atoms with Crippen LogP contribution >= 0.6 is 0 Å². The van der Waals surface area contributed by atoms with Crippen LogP contribution in [-0.2, 0) is 0 Å². The standard InChI is InChI=1S/C15H21NO2/c1-12-6-7-13(15(10-12)18-2)14(17)11-16-8-4-3-5-9-16/h6-7,10H,3-5,8-9,11H2,1-2H3. The van der Waals surface area contributed by atoms with Gasteiger partial charge in [0.1, 0.15) is 5.75 Å². The zero-order valence-corrected chi connectivity index (χ0v) is 11.2. The summed E-state index contributed by atoms with van der Waals surface area (Å²) in [6, 6.07) is 5.76. The average molecular weight is 247 g/mol. The quantitative estimate of drug-likeness (QED) is 0.766. The molecule has 1 saturated heterocycles. The summed E-state index contributed by atoms with van der Waals surface area (Å²) in [5.41, 5.74) is 1.81. The highest BCUT2D eigenvalue weighted by atomic mass is 16.5. The number of rotatable bonds is 4. The van der Waals surface area contributed by atoms with Crippen LogP contribution in [0.25, 0.3) is 0 Å². The van der Waals surface area contributed by atoms with Gasteiger partial charge in [-0.3, -0.25) is 9.69 Å². The van der Waals surface area contributed by atoms with Crippen molar-refractivity contribution in [2.24, 2.45) is 0 Å². The maximum atomic E-state index is 12.3. The highest BCUT2D eigenvalue weighted by Crippen LogP contribution is 2.21. The molecule has 0 aliphatic carbocycles. The Bertz CT molecular complexity index is 423. The second-order valence-corrected chi connectivity index (χ2v) is 4.96. The topological polar surface area (TPSA) is 29.5 Å². The molecule has 3 nitrogen and oxygen atoms in total. The van der Waals surface area contributed by atoms with E-state index in [-0.39, 0.29) is 5.78 Å². The van der Waals surface area contributed by atoms with E-state index in [1.54, 1.807) is 7.11 Å². The van der Waals surface area contributed by atoms with Crippen LogP contribution in [-0.4, -0.2) is 37.4 Å². The Morgan fingerprint density at radius 3 is 2.67 bits per heavy atom. The number of carbonyl (C=O) groups is 1. The van der Waals surface area contributed by atoms with Crippen LogP contribution in [0.3, 0.4) is 0 Å². The lowest BCUT2D eigenvalue weighted by atomic mass is 10.1. The molecule has 0 radical (unpaired) electrons. The number of carbonyl (C=O) groups excluding carboxylic acids is 1. The molecule has 98 valence electrons. The third-order valence-corrected chi connectivity index (χ3v) is 3.47. The summed E-state index contributed by atoms with van der Waals surface area (Å²) >= 11 is 0. The molecule has 0 unspecified atom stereocenters. The minimum absolute atomic E-state index is 0.161. The lowest BCUT2D eigenvalue weighted by molar-refractivity contribution is 0.0912. The van der Waals surface area contributed by atoms with Crippen LogP contribution in [0.4, 0.5) is 0 Å². The first-order chi connectivity index (χ1) is 8.70. The molecule has 1 aromatic rings. The fourth-order valence-corrected chi connectivity index (χ4v) is 2.43. The van der Waals surface area contributed by atoms with Crippen molar-refractivity contribution < 1.29 is 9.53 Å². The monoisotopic (exact) mass is 247 g/mol.